The average Bonchev–Trinajstić information content (AvgIpc) is 2.92. The van der Waals surface area contributed by atoms with E-state index >= 15 is 0 Å². The van der Waals surface area contributed by atoms with Gasteiger partial charge in [0, 0.05) is 25.6 Å². The van der Waals surface area contributed by atoms with Gasteiger partial charge in [0.05, 0.1) is 0 Å². The fraction of sp³-hybridized carbons (Fsp3) is 0.923. The van der Waals surface area contributed by atoms with Crippen LogP contribution in [0.5, 0.6) is 0 Å². The van der Waals surface area contributed by atoms with E-state index in [1.54, 1.807) is 0 Å². The third-order valence-corrected chi connectivity index (χ3v) is 4.11. The Kier molecular flexibility index (Phi) is 4.80. The molecule has 4 nitrogen and oxygen atoms in total. The molecule has 1 aliphatic carbocycles. The van der Waals surface area contributed by atoms with Gasteiger partial charge in [-0.25, -0.2) is 0 Å². The molecule has 17 heavy (non-hydrogen) atoms. The van der Waals surface area contributed by atoms with Gasteiger partial charge in [0.15, 0.2) is 0 Å². The minimum absolute atomic E-state index is 0.187. The summed E-state index contributed by atoms with van der Waals surface area (Å²) in [5, 5.41) is 3.02. The fourth-order valence-electron chi connectivity index (χ4n) is 2.99. The molecule has 2 fully saturated rings. The molecule has 2 aliphatic rings. The van der Waals surface area contributed by atoms with E-state index in [4.69, 9.17) is 5.73 Å². The molecule has 1 saturated heterocycles. The molecule has 98 valence electrons. The minimum Gasteiger partial charge on any atom is -0.355 e. The van der Waals surface area contributed by atoms with Crippen molar-refractivity contribution in [3.63, 3.8) is 0 Å². The van der Waals surface area contributed by atoms with E-state index < -0.39 is 0 Å². The van der Waals surface area contributed by atoms with E-state index in [0.717, 1.165) is 25.9 Å². The quantitative estimate of drug-likeness (QED) is 0.743. The van der Waals surface area contributed by atoms with Gasteiger partial charge in [-0.1, -0.05) is 6.42 Å². The van der Waals surface area contributed by atoms with Crippen LogP contribution < -0.4 is 11.1 Å². The molecule has 2 rings (SSSR count). The SMILES string of the molecule is N[C@@H]1CCC[C@H]1CC(=O)NCCN1CCCC1. The number of hydrogen-bond donors (Lipinski definition) is 2. The molecule has 0 spiro atoms. The van der Waals surface area contributed by atoms with Crippen molar-refractivity contribution in [2.45, 2.75) is 44.6 Å². The first-order chi connectivity index (χ1) is 8.25. The lowest BCUT2D eigenvalue weighted by molar-refractivity contribution is -0.122. The van der Waals surface area contributed by atoms with Crippen LogP contribution in [-0.2, 0) is 4.79 Å². The monoisotopic (exact) mass is 239 g/mol. The Bertz CT molecular complexity index is 251. The lowest BCUT2D eigenvalue weighted by Gasteiger charge is -2.17. The average molecular weight is 239 g/mol. The topological polar surface area (TPSA) is 58.4 Å². The van der Waals surface area contributed by atoms with Crippen LogP contribution in [0.1, 0.15) is 38.5 Å². The second kappa shape index (κ2) is 6.36. The Balaban J connectivity index is 1.57. The molecule has 3 N–H and O–H groups in total. The Morgan fingerprint density at radius 3 is 2.65 bits per heavy atom. The van der Waals surface area contributed by atoms with Crippen LogP contribution in [0.15, 0.2) is 0 Å². The molecule has 1 aliphatic heterocycles. The largest absolute Gasteiger partial charge is 0.355 e. The maximum atomic E-state index is 11.7. The van der Waals surface area contributed by atoms with E-state index in [-0.39, 0.29) is 11.9 Å². The summed E-state index contributed by atoms with van der Waals surface area (Å²) in [6.07, 6.45) is 6.65. The molecule has 1 heterocycles. The second-order valence-electron chi connectivity index (χ2n) is 5.46. The van der Waals surface area contributed by atoms with E-state index in [0.29, 0.717) is 12.3 Å². The first-order valence-electron chi connectivity index (χ1n) is 7.00. The Hall–Kier alpha value is -0.610. The maximum Gasteiger partial charge on any atom is 0.220 e. The Labute approximate surface area is 104 Å². The van der Waals surface area contributed by atoms with E-state index in [1.807, 2.05) is 0 Å². The summed E-state index contributed by atoms with van der Waals surface area (Å²) >= 11 is 0. The minimum atomic E-state index is 0.187. The normalized spacial score (nSPS) is 29.7. The molecule has 1 amide bonds. The van der Waals surface area contributed by atoms with Crippen molar-refractivity contribution in [3.05, 3.63) is 0 Å². The zero-order valence-electron chi connectivity index (χ0n) is 10.7. The molecule has 1 saturated carbocycles. The van der Waals surface area contributed by atoms with Gasteiger partial charge in [-0.15, -0.1) is 0 Å². The van der Waals surface area contributed by atoms with Crippen molar-refractivity contribution in [2.24, 2.45) is 11.7 Å². The van der Waals surface area contributed by atoms with E-state index in [9.17, 15) is 4.79 Å². The summed E-state index contributed by atoms with van der Waals surface area (Å²) in [6, 6.07) is 0.249. The van der Waals surface area contributed by atoms with Crippen LogP contribution in [0.25, 0.3) is 0 Å². The maximum absolute atomic E-state index is 11.7. The molecule has 0 aromatic carbocycles. The number of carbonyl (C=O) groups excluding carboxylic acids is 1. The van der Waals surface area contributed by atoms with Gasteiger partial charge >= 0.3 is 0 Å². The van der Waals surface area contributed by atoms with Gasteiger partial charge < -0.3 is 16.0 Å². The van der Waals surface area contributed by atoms with Crippen molar-refractivity contribution >= 4 is 5.91 Å². The van der Waals surface area contributed by atoms with Crippen molar-refractivity contribution in [3.8, 4) is 0 Å². The third kappa shape index (κ3) is 3.96. The number of rotatable bonds is 5. The van der Waals surface area contributed by atoms with Gasteiger partial charge in [0.25, 0.3) is 0 Å². The number of hydrogen-bond acceptors (Lipinski definition) is 3. The van der Waals surface area contributed by atoms with Crippen LogP contribution in [0, 0.1) is 5.92 Å². The Morgan fingerprint density at radius 2 is 2.00 bits per heavy atom. The second-order valence-corrected chi connectivity index (χ2v) is 5.46. The zero-order chi connectivity index (χ0) is 12.1. The first-order valence-corrected chi connectivity index (χ1v) is 7.00. The van der Waals surface area contributed by atoms with Crippen LogP contribution in [0.4, 0.5) is 0 Å². The lowest BCUT2D eigenvalue weighted by Crippen LogP contribution is -2.36. The predicted molar refractivity (Wildman–Crippen MR) is 68.6 cm³/mol. The highest BCUT2D eigenvalue weighted by molar-refractivity contribution is 5.76. The van der Waals surface area contributed by atoms with Crippen LogP contribution in [0.2, 0.25) is 0 Å². The fourth-order valence-corrected chi connectivity index (χ4v) is 2.99. The molecule has 4 heteroatoms. The summed E-state index contributed by atoms with van der Waals surface area (Å²) in [5.74, 6) is 0.605. The lowest BCUT2D eigenvalue weighted by atomic mass is 10.00. The van der Waals surface area contributed by atoms with Crippen molar-refractivity contribution in [1.82, 2.24) is 10.2 Å². The number of amides is 1. The molecule has 0 aromatic rings. The number of carbonyl (C=O) groups is 1. The van der Waals surface area contributed by atoms with Crippen molar-refractivity contribution in [1.29, 1.82) is 0 Å². The predicted octanol–water partition coefficient (Wildman–Crippen LogP) is 0.716. The van der Waals surface area contributed by atoms with Crippen molar-refractivity contribution < 1.29 is 4.79 Å². The molecular formula is C13H25N3O. The van der Waals surface area contributed by atoms with Crippen LogP contribution in [-0.4, -0.2) is 43.0 Å². The van der Waals surface area contributed by atoms with Gasteiger partial charge in [0.2, 0.25) is 5.91 Å². The van der Waals surface area contributed by atoms with E-state index in [1.165, 1.54) is 32.4 Å². The Morgan fingerprint density at radius 1 is 1.24 bits per heavy atom. The first kappa shape index (κ1) is 12.8. The highest BCUT2D eigenvalue weighted by Crippen LogP contribution is 2.26. The molecule has 0 aromatic heterocycles. The van der Waals surface area contributed by atoms with Gasteiger partial charge in [0.1, 0.15) is 0 Å². The zero-order valence-corrected chi connectivity index (χ0v) is 10.7. The summed E-state index contributed by atoms with van der Waals surface area (Å²) in [4.78, 5) is 14.2. The van der Waals surface area contributed by atoms with Gasteiger partial charge in [-0.2, -0.15) is 0 Å². The number of likely N-dealkylation sites (tertiary alicyclic amines) is 1. The number of nitrogens with two attached hydrogens (primary N) is 1. The molecule has 0 bridgehead atoms. The van der Waals surface area contributed by atoms with Crippen LogP contribution >= 0.6 is 0 Å². The smallest absolute Gasteiger partial charge is 0.220 e. The van der Waals surface area contributed by atoms with Crippen LogP contribution in [0.3, 0.4) is 0 Å². The highest BCUT2D eigenvalue weighted by Gasteiger charge is 2.25. The molecular weight excluding hydrogens is 214 g/mol. The summed E-state index contributed by atoms with van der Waals surface area (Å²) in [7, 11) is 0. The summed E-state index contributed by atoms with van der Waals surface area (Å²) in [6.45, 7) is 4.19. The number of nitrogens with zero attached hydrogens (tertiary/aromatic N) is 1. The van der Waals surface area contributed by atoms with E-state index in [2.05, 4.69) is 10.2 Å². The third-order valence-electron chi connectivity index (χ3n) is 4.11. The van der Waals surface area contributed by atoms with Gasteiger partial charge in [-0.05, 0) is 44.7 Å². The summed E-state index contributed by atoms with van der Waals surface area (Å²) in [5.41, 5.74) is 5.97. The highest BCUT2D eigenvalue weighted by atomic mass is 16.1. The van der Waals surface area contributed by atoms with Gasteiger partial charge in [-0.3, -0.25) is 4.79 Å². The molecule has 0 unspecified atom stereocenters. The molecule has 0 radical (unpaired) electrons. The summed E-state index contributed by atoms with van der Waals surface area (Å²) < 4.78 is 0. The number of nitrogens with one attached hydrogen (secondary N) is 1. The molecule has 2 atom stereocenters. The standard InChI is InChI=1S/C13H25N3O/c14-12-5-3-4-11(12)10-13(17)15-6-9-16-7-1-2-8-16/h11-12H,1-10,14H2,(H,15,17)/t11-,12+/m0/s1. The van der Waals surface area contributed by atoms with Crippen molar-refractivity contribution in [2.75, 3.05) is 26.2 Å².